The van der Waals surface area contributed by atoms with Gasteiger partial charge in [0.2, 0.25) is 0 Å². The van der Waals surface area contributed by atoms with Crippen molar-refractivity contribution in [3.05, 3.63) is 34.3 Å². The highest BCUT2D eigenvalue weighted by Crippen LogP contribution is 2.18. The summed E-state index contributed by atoms with van der Waals surface area (Å²) in [6.45, 7) is 0.0532. The fourth-order valence-corrected chi connectivity index (χ4v) is 1.37. The van der Waals surface area contributed by atoms with Gasteiger partial charge < -0.3 is 15.6 Å². The number of amides is 1. The van der Waals surface area contributed by atoms with Crippen molar-refractivity contribution in [3.63, 3.8) is 0 Å². The van der Waals surface area contributed by atoms with Gasteiger partial charge in [0, 0.05) is 17.1 Å². The number of carbonyl (C=O) groups is 1. The Kier molecular flexibility index (Phi) is 4.39. The molecule has 1 rings (SSSR count). The van der Waals surface area contributed by atoms with Crippen LogP contribution >= 0.6 is 23.2 Å². The first kappa shape index (κ1) is 12.6. The second kappa shape index (κ2) is 5.58. The van der Waals surface area contributed by atoms with Crippen LogP contribution in [0.5, 0.6) is 0 Å². The zero-order valence-electron chi connectivity index (χ0n) is 7.94. The maximum atomic E-state index is 10.3. The standard InChI is InChI=1S/C9H8Cl2N2O3/c10-7-2-1-5(8(11)13-16)3-6(7)4-12-9(14)15/h1-3,12,16H,4H2,(H,14,15)/b13-8+. The maximum absolute atomic E-state index is 10.3. The molecule has 16 heavy (non-hydrogen) atoms. The lowest BCUT2D eigenvalue weighted by molar-refractivity contribution is 0.194. The van der Waals surface area contributed by atoms with E-state index < -0.39 is 6.09 Å². The quantitative estimate of drug-likeness (QED) is 0.445. The van der Waals surface area contributed by atoms with Crippen molar-refractivity contribution in [3.8, 4) is 0 Å². The van der Waals surface area contributed by atoms with Gasteiger partial charge in [-0.1, -0.05) is 34.4 Å². The Morgan fingerprint density at radius 1 is 1.50 bits per heavy atom. The second-order valence-electron chi connectivity index (χ2n) is 2.86. The Bertz CT molecular complexity index is 435. The van der Waals surface area contributed by atoms with Crippen molar-refractivity contribution in [1.82, 2.24) is 5.32 Å². The summed E-state index contributed by atoms with van der Waals surface area (Å²) in [6.07, 6.45) is -1.15. The Morgan fingerprint density at radius 2 is 2.19 bits per heavy atom. The Balaban J connectivity index is 2.95. The molecule has 0 bridgehead atoms. The molecule has 3 N–H and O–H groups in total. The summed E-state index contributed by atoms with van der Waals surface area (Å²) in [5.74, 6) is 0. The molecule has 0 saturated heterocycles. The van der Waals surface area contributed by atoms with Crippen LogP contribution in [0.2, 0.25) is 5.02 Å². The van der Waals surface area contributed by atoms with E-state index in [0.717, 1.165) is 0 Å². The van der Waals surface area contributed by atoms with Gasteiger partial charge in [0.1, 0.15) is 0 Å². The zero-order chi connectivity index (χ0) is 12.1. The van der Waals surface area contributed by atoms with Gasteiger partial charge in [0.15, 0.2) is 5.17 Å². The molecule has 1 aromatic carbocycles. The summed E-state index contributed by atoms with van der Waals surface area (Å²) in [5.41, 5.74) is 0.999. The summed E-state index contributed by atoms with van der Waals surface area (Å²) in [7, 11) is 0. The number of rotatable bonds is 3. The molecular weight excluding hydrogens is 255 g/mol. The molecule has 0 heterocycles. The second-order valence-corrected chi connectivity index (χ2v) is 3.62. The topological polar surface area (TPSA) is 81.9 Å². The van der Waals surface area contributed by atoms with E-state index in [1.165, 1.54) is 0 Å². The van der Waals surface area contributed by atoms with E-state index in [9.17, 15) is 4.79 Å². The third-order valence-corrected chi connectivity index (χ3v) is 2.46. The summed E-state index contributed by atoms with van der Waals surface area (Å²) in [6, 6.07) is 4.65. The largest absolute Gasteiger partial charge is 0.465 e. The van der Waals surface area contributed by atoms with Crippen molar-refractivity contribution >= 4 is 34.5 Å². The normalized spacial score (nSPS) is 11.2. The predicted molar refractivity (Wildman–Crippen MR) is 60.5 cm³/mol. The molecule has 1 aromatic rings. The number of hydrogen-bond donors (Lipinski definition) is 3. The fourth-order valence-electron chi connectivity index (χ4n) is 1.07. The Hall–Kier alpha value is -1.46. The average molecular weight is 263 g/mol. The van der Waals surface area contributed by atoms with E-state index in [-0.39, 0.29) is 11.7 Å². The molecule has 0 radical (unpaired) electrons. The molecule has 0 fully saturated rings. The number of hydrogen-bond acceptors (Lipinski definition) is 3. The van der Waals surface area contributed by atoms with E-state index >= 15 is 0 Å². The molecule has 0 saturated carbocycles. The minimum absolute atomic E-state index is 0.0532. The molecular formula is C9H8Cl2N2O3. The number of nitrogens with zero attached hydrogens (tertiary/aromatic N) is 1. The van der Waals surface area contributed by atoms with Gasteiger partial charge in [-0.3, -0.25) is 0 Å². The molecule has 0 aliphatic heterocycles. The van der Waals surface area contributed by atoms with Crippen molar-refractivity contribution < 1.29 is 15.1 Å². The van der Waals surface area contributed by atoms with Gasteiger partial charge in [-0.2, -0.15) is 0 Å². The smallest absolute Gasteiger partial charge is 0.404 e. The molecule has 1 amide bonds. The molecule has 7 heteroatoms. The van der Waals surface area contributed by atoms with Gasteiger partial charge in [-0.15, -0.1) is 0 Å². The van der Waals surface area contributed by atoms with Gasteiger partial charge in [0.05, 0.1) is 0 Å². The van der Waals surface area contributed by atoms with Gasteiger partial charge in [0.25, 0.3) is 0 Å². The number of halogens is 2. The minimum Gasteiger partial charge on any atom is -0.465 e. The van der Waals surface area contributed by atoms with Gasteiger partial charge in [-0.05, 0) is 17.7 Å². The highest BCUT2D eigenvalue weighted by atomic mass is 35.5. The molecule has 0 spiro atoms. The van der Waals surface area contributed by atoms with Crippen molar-refractivity contribution in [2.24, 2.45) is 5.16 Å². The van der Waals surface area contributed by atoms with Crippen LogP contribution in [-0.4, -0.2) is 21.6 Å². The highest BCUT2D eigenvalue weighted by Gasteiger charge is 2.06. The first-order valence-electron chi connectivity index (χ1n) is 4.17. The number of carboxylic acid groups (broad SMARTS) is 1. The van der Waals surface area contributed by atoms with E-state index in [4.69, 9.17) is 33.5 Å². The summed E-state index contributed by atoms with van der Waals surface area (Å²) in [4.78, 5) is 10.3. The van der Waals surface area contributed by atoms with Crippen LogP contribution in [0.1, 0.15) is 11.1 Å². The fraction of sp³-hybridized carbons (Fsp3) is 0.111. The molecule has 0 aromatic heterocycles. The molecule has 0 aliphatic carbocycles. The van der Waals surface area contributed by atoms with Crippen molar-refractivity contribution in [2.45, 2.75) is 6.54 Å². The summed E-state index contributed by atoms with van der Waals surface area (Å²) < 4.78 is 0. The molecule has 0 atom stereocenters. The van der Waals surface area contributed by atoms with Crippen LogP contribution in [0.25, 0.3) is 0 Å². The molecule has 0 unspecified atom stereocenters. The van der Waals surface area contributed by atoms with Crippen LogP contribution in [0.15, 0.2) is 23.4 Å². The predicted octanol–water partition coefficient (Wildman–Crippen LogP) is 2.48. The monoisotopic (exact) mass is 262 g/mol. The highest BCUT2D eigenvalue weighted by molar-refractivity contribution is 6.69. The average Bonchev–Trinajstić information content (AvgIpc) is 2.26. The lowest BCUT2D eigenvalue weighted by Gasteiger charge is -2.06. The lowest BCUT2D eigenvalue weighted by atomic mass is 10.1. The number of benzene rings is 1. The van der Waals surface area contributed by atoms with Crippen molar-refractivity contribution in [1.29, 1.82) is 0 Å². The third-order valence-electron chi connectivity index (χ3n) is 1.80. The number of oxime groups is 1. The third kappa shape index (κ3) is 3.29. The first-order chi connectivity index (χ1) is 7.54. The van der Waals surface area contributed by atoms with E-state index in [0.29, 0.717) is 16.1 Å². The Labute approximate surface area is 101 Å². The Morgan fingerprint density at radius 3 is 2.75 bits per heavy atom. The van der Waals surface area contributed by atoms with E-state index in [1.807, 2.05) is 0 Å². The van der Waals surface area contributed by atoms with Gasteiger partial charge in [-0.25, -0.2) is 4.79 Å². The van der Waals surface area contributed by atoms with Crippen LogP contribution < -0.4 is 5.32 Å². The van der Waals surface area contributed by atoms with E-state index in [1.54, 1.807) is 18.2 Å². The first-order valence-corrected chi connectivity index (χ1v) is 4.93. The van der Waals surface area contributed by atoms with Crippen LogP contribution in [0, 0.1) is 0 Å². The molecule has 0 aliphatic rings. The minimum atomic E-state index is -1.15. The maximum Gasteiger partial charge on any atom is 0.404 e. The summed E-state index contributed by atoms with van der Waals surface area (Å²) >= 11 is 11.4. The van der Waals surface area contributed by atoms with Crippen molar-refractivity contribution in [2.75, 3.05) is 0 Å². The molecule has 86 valence electrons. The number of nitrogens with one attached hydrogen (secondary N) is 1. The van der Waals surface area contributed by atoms with Crippen LogP contribution in [0.4, 0.5) is 4.79 Å². The zero-order valence-corrected chi connectivity index (χ0v) is 9.46. The van der Waals surface area contributed by atoms with Crippen LogP contribution in [-0.2, 0) is 6.54 Å². The van der Waals surface area contributed by atoms with Crippen LogP contribution in [0.3, 0.4) is 0 Å². The molecule has 5 nitrogen and oxygen atoms in total. The SMILES string of the molecule is O=C(O)NCc1cc(/C(Cl)=N\O)ccc1Cl. The van der Waals surface area contributed by atoms with E-state index in [2.05, 4.69) is 10.5 Å². The summed E-state index contributed by atoms with van der Waals surface area (Å²) in [5, 5.41) is 22.2. The van der Waals surface area contributed by atoms with Gasteiger partial charge >= 0.3 is 6.09 Å². The lowest BCUT2D eigenvalue weighted by Crippen LogP contribution is -2.20.